The lowest BCUT2D eigenvalue weighted by molar-refractivity contribution is 0.0946. The number of anilines is 2. The molecular weight excluding hydrogens is 444 g/mol. The van der Waals surface area contributed by atoms with Gasteiger partial charge in [-0.2, -0.15) is 4.98 Å². The van der Waals surface area contributed by atoms with Crippen molar-refractivity contribution in [3.05, 3.63) is 35.7 Å². The Balaban J connectivity index is 1.29. The first-order chi connectivity index (χ1) is 17.0. The number of carbonyl (C=O) groups excluding carboxylic acids is 2. The van der Waals surface area contributed by atoms with Crippen LogP contribution in [0.4, 0.5) is 16.6 Å². The largest absolute Gasteiger partial charge is 0.361 e. The van der Waals surface area contributed by atoms with E-state index in [0.717, 1.165) is 51.6 Å². The molecule has 10 nitrogen and oxygen atoms in total. The van der Waals surface area contributed by atoms with E-state index in [4.69, 9.17) is 4.98 Å². The summed E-state index contributed by atoms with van der Waals surface area (Å²) in [4.78, 5) is 39.1. The molecule has 4 aliphatic rings. The van der Waals surface area contributed by atoms with Gasteiger partial charge in [0.05, 0.1) is 12.1 Å². The fraction of sp³-hybridized carbons (Fsp3) is 0.600. The molecule has 0 aromatic carbocycles. The van der Waals surface area contributed by atoms with E-state index in [1.807, 2.05) is 25.3 Å². The van der Waals surface area contributed by atoms with Gasteiger partial charge >= 0.3 is 6.03 Å². The van der Waals surface area contributed by atoms with Crippen LogP contribution in [0.25, 0.3) is 0 Å². The Morgan fingerprint density at radius 1 is 1.11 bits per heavy atom. The summed E-state index contributed by atoms with van der Waals surface area (Å²) in [6.07, 6.45) is 15.0. The monoisotopic (exact) mass is 480 g/mol. The number of rotatable bonds is 4. The van der Waals surface area contributed by atoms with Crippen LogP contribution in [0, 0.1) is 0 Å². The molecule has 0 radical (unpaired) electrons. The molecule has 35 heavy (non-hydrogen) atoms. The van der Waals surface area contributed by atoms with Crippen LogP contribution in [0.15, 0.2) is 30.1 Å². The Bertz CT molecular complexity index is 1010. The smallest absolute Gasteiger partial charge is 0.319 e. The summed E-state index contributed by atoms with van der Waals surface area (Å²) in [7, 11) is 4.16. The average Bonchev–Trinajstić information content (AvgIpc) is 2.99. The number of hydrogen-bond donors (Lipinski definition) is 4. The Kier molecular flexibility index (Phi) is 6.90. The second-order valence-corrected chi connectivity index (χ2v) is 10.2. The van der Waals surface area contributed by atoms with E-state index in [-0.39, 0.29) is 30.1 Å². The zero-order valence-corrected chi connectivity index (χ0v) is 20.6. The number of allylic oxidation sites excluding steroid dienone is 1. The van der Waals surface area contributed by atoms with Gasteiger partial charge < -0.3 is 31.1 Å². The van der Waals surface area contributed by atoms with Crippen LogP contribution < -0.4 is 26.2 Å². The van der Waals surface area contributed by atoms with Crippen LogP contribution in [0.2, 0.25) is 0 Å². The molecule has 2 fully saturated rings. The van der Waals surface area contributed by atoms with Crippen LogP contribution >= 0.6 is 0 Å². The van der Waals surface area contributed by atoms with Gasteiger partial charge in [0.15, 0.2) is 0 Å². The van der Waals surface area contributed by atoms with Crippen molar-refractivity contribution >= 4 is 23.7 Å². The first-order valence-electron chi connectivity index (χ1n) is 12.8. The van der Waals surface area contributed by atoms with Crippen LogP contribution in [0.3, 0.4) is 0 Å². The molecule has 0 spiro atoms. The van der Waals surface area contributed by atoms with E-state index < -0.39 is 0 Å². The third kappa shape index (κ3) is 5.42. The topological polar surface area (TPSA) is 115 Å². The number of aromatic nitrogens is 2. The normalized spacial score (nSPS) is 25.3. The summed E-state index contributed by atoms with van der Waals surface area (Å²) in [5.74, 6) is 0.910. The highest BCUT2D eigenvalue weighted by atomic mass is 16.2. The Morgan fingerprint density at radius 2 is 1.89 bits per heavy atom. The number of carbonyl (C=O) groups is 2. The number of hydrogen-bond acceptors (Lipinski definition) is 7. The molecular formula is C25H36N8O2. The van der Waals surface area contributed by atoms with Crippen LogP contribution in [0.1, 0.15) is 55.3 Å². The van der Waals surface area contributed by atoms with Gasteiger partial charge in [-0.3, -0.25) is 4.79 Å². The molecule has 3 heterocycles. The Morgan fingerprint density at radius 3 is 2.66 bits per heavy atom. The lowest BCUT2D eigenvalue weighted by Gasteiger charge is -2.35. The fourth-order valence-electron chi connectivity index (χ4n) is 5.38. The van der Waals surface area contributed by atoms with Crippen molar-refractivity contribution in [2.45, 2.75) is 69.1 Å². The summed E-state index contributed by atoms with van der Waals surface area (Å²) in [5.41, 5.74) is 1.12. The Labute approximate surface area is 206 Å². The SMILES string of the molecule is CN1CCC(N(C)c2ncc3c(n2)NC2C=C(NC(=O)NC4CCCCC4)C=CC2NC3=O)CC1. The molecule has 2 aliphatic heterocycles. The lowest BCUT2D eigenvalue weighted by atomic mass is 9.96. The van der Waals surface area contributed by atoms with E-state index in [9.17, 15) is 9.59 Å². The second kappa shape index (κ2) is 10.2. The molecule has 4 N–H and O–H groups in total. The minimum absolute atomic E-state index is 0.186. The molecule has 188 valence electrons. The highest BCUT2D eigenvalue weighted by Crippen LogP contribution is 2.26. The molecule has 3 amide bonds. The van der Waals surface area contributed by atoms with Crippen molar-refractivity contribution in [1.82, 2.24) is 30.8 Å². The van der Waals surface area contributed by atoms with Gasteiger partial charge in [-0.15, -0.1) is 0 Å². The van der Waals surface area contributed by atoms with Crippen molar-refractivity contribution in [3.63, 3.8) is 0 Å². The zero-order chi connectivity index (χ0) is 24.4. The van der Waals surface area contributed by atoms with E-state index in [2.05, 4.69) is 43.1 Å². The van der Waals surface area contributed by atoms with Crippen molar-refractivity contribution in [2.75, 3.05) is 37.4 Å². The molecule has 5 rings (SSSR count). The first-order valence-corrected chi connectivity index (χ1v) is 12.8. The van der Waals surface area contributed by atoms with Crippen LogP contribution in [-0.4, -0.2) is 78.2 Å². The van der Waals surface area contributed by atoms with Gasteiger partial charge in [-0.1, -0.05) is 25.3 Å². The van der Waals surface area contributed by atoms with Gasteiger partial charge in [0.25, 0.3) is 5.91 Å². The highest BCUT2D eigenvalue weighted by molar-refractivity contribution is 6.00. The molecule has 0 bridgehead atoms. The minimum atomic E-state index is -0.251. The number of likely N-dealkylation sites (tertiary alicyclic amines) is 1. The summed E-state index contributed by atoms with van der Waals surface area (Å²) in [5, 5.41) is 12.5. The van der Waals surface area contributed by atoms with E-state index in [0.29, 0.717) is 29.1 Å². The third-order valence-corrected chi connectivity index (χ3v) is 7.60. The number of urea groups is 1. The minimum Gasteiger partial charge on any atom is -0.361 e. The number of amides is 3. The second-order valence-electron chi connectivity index (χ2n) is 10.2. The molecule has 2 aliphatic carbocycles. The lowest BCUT2D eigenvalue weighted by Crippen LogP contribution is -2.46. The van der Waals surface area contributed by atoms with Crippen molar-refractivity contribution < 1.29 is 9.59 Å². The average molecular weight is 481 g/mol. The zero-order valence-electron chi connectivity index (χ0n) is 20.6. The maximum atomic E-state index is 12.9. The number of fused-ring (bicyclic) bond motifs is 2. The molecule has 1 aromatic heterocycles. The maximum absolute atomic E-state index is 12.9. The van der Waals surface area contributed by atoms with Gasteiger partial charge in [-0.05, 0) is 58.0 Å². The predicted molar refractivity (Wildman–Crippen MR) is 135 cm³/mol. The summed E-state index contributed by atoms with van der Waals surface area (Å²) in [6, 6.07) is -0.0740. The van der Waals surface area contributed by atoms with Gasteiger partial charge in [0.1, 0.15) is 11.4 Å². The number of nitrogens with one attached hydrogen (secondary N) is 4. The summed E-state index contributed by atoms with van der Waals surface area (Å²) < 4.78 is 0. The van der Waals surface area contributed by atoms with Crippen LogP contribution in [-0.2, 0) is 0 Å². The van der Waals surface area contributed by atoms with Crippen molar-refractivity contribution in [3.8, 4) is 0 Å². The van der Waals surface area contributed by atoms with Crippen LogP contribution in [0.5, 0.6) is 0 Å². The predicted octanol–water partition coefficient (Wildman–Crippen LogP) is 1.99. The fourth-order valence-corrected chi connectivity index (χ4v) is 5.38. The van der Waals surface area contributed by atoms with Gasteiger partial charge in [-0.25, -0.2) is 9.78 Å². The molecule has 1 saturated carbocycles. The van der Waals surface area contributed by atoms with E-state index >= 15 is 0 Å². The summed E-state index contributed by atoms with van der Waals surface area (Å²) in [6.45, 7) is 2.09. The quantitative estimate of drug-likeness (QED) is 0.521. The Hall–Kier alpha value is -3.14. The molecule has 10 heteroatoms. The van der Waals surface area contributed by atoms with Crippen molar-refractivity contribution in [1.29, 1.82) is 0 Å². The first kappa shape index (κ1) is 23.6. The highest BCUT2D eigenvalue weighted by Gasteiger charge is 2.31. The molecule has 1 saturated heterocycles. The third-order valence-electron chi connectivity index (χ3n) is 7.60. The molecule has 2 atom stereocenters. The summed E-state index contributed by atoms with van der Waals surface area (Å²) >= 11 is 0. The van der Waals surface area contributed by atoms with Crippen molar-refractivity contribution in [2.24, 2.45) is 0 Å². The van der Waals surface area contributed by atoms with E-state index in [1.165, 1.54) is 6.42 Å². The maximum Gasteiger partial charge on any atom is 0.319 e. The van der Waals surface area contributed by atoms with Gasteiger partial charge in [0.2, 0.25) is 5.95 Å². The van der Waals surface area contributed by atoms with E-state index in [1.54, 1.807) is 6.20 Å². The number of piperidine rings is 1. The standard InChI is InChI=1S/C25H36N8O2/c1-32-12-10-18(11-13-32)33(2)24-26-15-19-22(31-24)29-21-14-17(8-9-20(21)30-23(19)34)28-25(35)27-16-6-4-3-5-7-16/h8-9,14-16,18,20-21H,3-7,10-13H2,1-2H3,(H,30,34)(H,26,29,31)(H2,27,28,35). The molecule has 2 unspecified atom stereocenters. The number of nitrogens with zero attached hydrogens (tertiary/aromatic N) is 4. The van der Waals surface area contributed by atoms with Gasteiger partial charge in [0, 0.05) is 31.0 Å². The molecule has 1 aromatic rings.